The minimum atomic E-state index is -3.71. The van der Waals surface area contributed by atoms with Crippen LogP contribution in [0.15, 0.2) is 24.3 Å². The van der Waals surface area contributed by atoms with E-state index in [1.165, 1.54) is 18.2 Å². The third-order valence-corrected chi connectivity index (χ3v) is 5.57. The number of benzene rings is 1. The van der Waals surface area contributed by atoms with Crippen LogP contribution in [0.2, 0.25) is 0 Å². The highest BCUT2D eigenvalue weighted by atomic mass is 32.2. The number of carbonyl (C=O) groups is 1. The normalized spacial score (nSPS) is 17.8. The fraction of sp³-hybridized carbons (Fsp3) is 0.562. The Morgan fingerprint density at radius 2 is 2.04 bits per heavy atom. The molecule has 0 saturated carbocycles. The number of carbonyl (C=O) groups excluding carboxylic acids is 1. The van der Waals surface area contributed by atoms with Crippen molar-refractivity contribution in [3.05, 3.63) is 30.1 Å². The molecule has 1 saturated heterocycles. The first-order chi connectivity index (χ1) is 10.8. The summed E-state index contributed by atoms with van der Waals surface area (Å²) < 4.78 is 39.7. The highest BCUT2D eigenvalue weighted by molar-refractivity contribution is 7.92. The minimum absolute atomic E-state index is 0.137. The summed E-state index contributed by atoms with van der Waals surface area (Å²) in [7, 11) is -3.71. The summed E-state index contributed by atoms with van der Waals surface area (Å²) in [6, 6.07) is 5.24. The van der Waals surface area contributed by atoms with Crippen LogP contribution in [-0.4, -0.2) is 38.1 Å². The van der Waals surface area contributed by atoms with Crippen LogP contribution in [0.1, 0.15) is 26.7 Å². The Kier molecular flexibility index (Phi) is 5.62. The molecule has 0 radical (unpaired) electrons. The molecular formula is C16H23FN2O3S. The van der Waals surface area contributed by atoms with Gasteiger partial charge in [-0.3, -0.25) is 9.52 Å². The van der Waals surface area contributed by atoms with Gasteiger partial charge in [0, 0.05) is 13.1 Å². The van der Waals surface area contributed by atoms with Gasteiger partial charge < -0.3 is 4.90 Å². The Hall–Kier alpha value is -1.63. The number of rotatable bonds is 5. The minimum Gasteiger partial charge on any atom is -0.342 e. The number of anilines is 1. The number of sulfonamides is 1. The lowest BCUT2D eigenvalue weighted by molar-refractivity contribution is -0.135. The maximum atomic E-state index is 13.1. The van der Waals surface area contributed by atoms with E-state index < -0.39 is 21.8 Å². The number of piperidine rings is 1. The van der Waals surface area contributed by atoms with Gasteiger partial charge in [0.25, 0.3) is 0 Å². The van der Waals surface area contributed by atoms with Crippen LogP contribution in [0, 0.1) is 17.7 Å². The number of likely N-dealkylation sites (tertiary alicyclic amines) is 1. The fourth-order valence-corrected chi connectivity index (χ4v) is 4.08. The van der Waals surface area contributed by atoms with Gasteiger partial charge in [-0.1, -0.05) is 19.9 Å². The molecule has 1 aliphatic rings. The van der Waals surface area contributed by atoms with Crippen molar-refractivity contribution in [1.82, 2.24) is 4.90 Å². The number of nitrogens with zero attached hydrogens (tertiary/aromatic N) is 1. The van der Waals surface area contributed by atoms with Crippen LogP contribution in [0.3, 0.4) is 0 Å². The zero-order valence-corrected chi connectivity index (χ0v) is 14.3. The van der Waals surface area contributed by atoms with Crippen LogP contribution >= 0.6 is 0 Å². The molecule has 1 atom stereocenters. The summed E-state index contributed by atoms with van der Waals surface area (Å²) in [5.74, 6) is -0.991. The van der Waals surface area contributed by atoms with Crippen molar-refractivity contribution in [2.24, 2.45) is 11.8 Å². The number of hydrogen-bond acceptors (Lipinski definition) is 3. The molecule has 23 heavy (non-hydrogen) atoms. The predicted octanol–water partition coefficient (Wildman–Crippen LogP) is 2.46. The van der Waals surface area contributed by atoms with E-state index in [0.717, 1.165) is 18.9 Å². The van der Waals surface area contributed by atoms with E-state index >= 15 is 0 Å². The molecule has 1 aliphatic heterocycles. The first-order valence-electron chi connectivity index (χ1n) is 7.81. The van der Waals surface area contributed by atoms with E-state index in [9.17, 15) is 17.6 Å². The lowest BCUT2D eigenvalue weighted by Gasteiger charge is -2.32. The Labute approximate surface area is 136 Å². The second-order valence-corrected chi connectivity index (χ2v) is 8.07. The largest absolute Gasteiger partial charge is 0.342 e. The second-order valence-electron chi connectivity index (χ2n) is 6.30. The van der Waals surface area contributed by atoms with E-state index in [4.69, 9.17) is 0 Å². The van der Waals surface area contributed by atoms with E-state index in [1.54, 1.807) is 11.8 Å². The van der Waals surface area contributed by atoms with Gasteiger partial charge in [-0.15, -0.1) is 0 Å². The summed E-state index contributed by atoms with van der Waals surface area (Å²) in [4.78, 5) is 14.1. The lowest BCUT2D eigenvalue weighted by atomic mass is 9.98. The maximum absolute atomic E-state index is 13.1. The standard InChI is InChI=1S/C16H23FN2O3S/c1-12-6-8-19(9-7-12)16(20)13(2)11-23(21,22)18-15-5-3-4-14(17)10-15/h3-5,10,12-13,18H,6-9,11H2,1-2H3. The van der Waals surface area contributed by atoms with Crippen molar-refractivity contribution in [3.8, 4) is 0 Å². The van der Waals surface area contributed by atoms with E-state index in [1.807, 2.05) is 0 Å². The van der Waals surface area contributed by atoms with Crippen LogP contribution in [0.5, 0.6) is 0 Å². The first-order valence-corrected chi connectivity index (χ1v) is 9.47. The van der Waals surface area contributed by atoms with Crippen molar-refractivity contribution < 1.29 is 17.6 Å². The average molecular weight is 342 g/mol. The summed E-state index contributed by atoms with van der Waals surface area (Å²) in [5.41, 5.74) is 0.163. The first kappa shape index (κ1) is 17.7. The molecule has 1 aromatic carbocycles. The third-order valence-electron chi connectivity index (χ3n) is 4.08. The van der Waals surface area contributed by atoms with E-state index in [-0.39, 0.29) is 17.3 Å². The molecule has 128 valence electrons. The SMILES string of the molecule is CC1CCN(C(=O)C(C)CS(=O)(=O)Nc2cccc(F)c2)CC1. The highest BCUT2D eigenvalue weighted by Gasteiger charge is 2.28. The van der Waals surface area contributed by atoms with Gasteiger partial charge in [-0.05, 0) is 37.0 Å². The number of amides is 1. The molecule has 7 heteroatoms. The van der Waals surface area contributed by atoms with Gasteiger partial charge in [-0.25, -0.2) is 12.8 Å². The van der Waals surface area contributed by atoms with Crippen LogP contribution in [0.4, 0.5) is 10.1 Å². The van der Waals surface area contributed by atoms with Crippen molar-refractivity contribution in [2.75, 3.05) is 23.6 Å². The highest BCUT2D eigenvalue weighted by Crippen LogP contribution is 2.19. The summed E-state index contributed by atoms with van der Waals surface area (Å²) in [6.45, 7) is 5.13. The Morgan fingerprint density at radius 1 is 1.39 bits per heavy atom. The average Bonchev–Trinajstić information content (AvgIpc) is 2.46. The van der Waals surface area contributed by atoms with Crippen molar-refractivity contribution in [3.63, 3.8) is 0 Å². The molecule has 5 nitrogen and oxygen atoms in total. The molecule has 0 aromatic heterocycles. The van der Waals surface area contributed by atoms with Crippen LogP contribution in [-0.2, 0) is 14.8 Å². The topological polar surface area (TPSA) is 66.5 Å². The molecule has 1 aromatic rings. The summed E-state index contributed by atoms with van der Waals surface area (Å²) >= 11 is 0. The Balaban J connectivity index is 1.95. The van der Waals surface area contributed by atoms with Gasteiger partial charge in [0.1, 0.15) is 5.82 Å². The Bertz CT molecular complexity index is 655. The number of hydrogen-bond donors (Lipinski definition) is 1. The summed E-state index contributed by atoms with van der Waals surface area (Å²) in [6.07, 6.45) is 1.90. The lowest BCUT2D eigenvalue weighted by Crippen LogP contribution is -2.42. The molecule has 1 unspecified atom stereocenters. The van der Waals surface area contributed by atoms with Gasteiger partial charge in [0.15, 0.2) is 0 Å². The zero-order valence-electron chi connectivity index (χ0n) is 13.5. The van der Waals surface area contributed by atoms with E-state index in [2.05, 4.69) is 11.6 Å². The molecule has 0 aliphatic carbocycles. The molecular weight excluding hydrogens is 319 g/mol. The number of nitrogens with one attached hydrogen (secondary N) is 1. The van der Waals surface area contributed by atoms with Gasteiger partial charge in [-0.2, -0.15) is 0 Å². The van der Waals surface area contributed by atoms with Crippen LogP contribution < -0.4 is 4.72 Å². The molecule has 2 rings (SSSR count). The molecule has 1 heterocycles. The van der Waals surface area contributed by atoms with Crippen molar-refractivity contribution >= 4 is 21.6 Å². The Morgan fingerprint density at radius 3 is 2.65 bits per heavy atom. The van der Waals surface area contributed by atoms with Crippen molar-refractivity contribution in [2.45, 2.75) is 26.7 Å². The fourth-order valence-electron chi connectivity index (χ4n) is 2.71. The third kappa shape index (κ3) is 5.20. The maximum Gasteiger partial charge on any atom is 0.233 e. The zero-order chi connectivity index (χ0) is 17.0. The van der Waals surface area contributed by atoms with Crippen LogP contribution in [0.25, 0.3) is 0 Å². The van der Waals surface area contributed by atoms with Gasteiger partial charge in [0.2, 0.25) is 15.9 Å². The molecule has 1 fully saturated rings. The van der Waals surface area contributed by atoms with E-state index in [0.29, 0.717) is 19.0 Å². The quantitative estimate of drug-likeness (QED) is 0.894. The summed E-state index contributed by atoms with van der Waals surface area (Å²) in [5, 5.41) is 0. The van der Waals surface area contributed by atoms with Crippen molar-refractivity contribution in [1.29, 1.82) is 0 Å². The molecule has 0 spiro atoms. The monoisotopic (exact) mass is 342 g/mol. The molecule has 1 amide bonds. The predicted molar refractivity (Wildman–Crippen MR) is 88.0 cm³/mol. The smallest absolute Gasteiger partial charge is 0.233 e. The molecule has 0 bridgehead atoms. The van der Waals surface area contributed by atoms with Gasteiger partial charge >= 0.3 is 0 Å². The molecule has 1 N–H and O–H groups in total. The van der Waals surface area contributed by atoms with Gasteiger partial charge in [0.05, 0.1) is 17.4 Å². The second kappa shape index (κ2) is 7.29. The number of halogens is 1.